The molecule has 0 saturated carbocycles. The van der Waals surface area contributed by atoms with Gasteiger partial charge in [0.05, 0.1) is 39.8 Å². The van der Waals surface area contributed by atoms with Crippen LogP contribution in [-0.2, 0) is 0 Å². The van der Waals surface area contributed by atoms with Gasteiger partial charge in [0, 0.05) is 0 Å². The lowest BCUT2D eigenvalue weighted by atomic mass is 10.0. The molecule has 0 fully saturated rings. The third kappa shape index (κ3) is 2.74. The number of nitro benzene ring substituents is 1. The molecule has 24 heavy (non-hydrogen) atoms. The maximum atomic E-state index is 11.3. The Morgan fingerprint density at radius 3 is 2.62 bits per heavy atom. The second-order valence-corrected chi connectivity index (χ2v) is 4.88. The van der Waals surface area contributed by atoms with Crippen molar-refractivity contribution in [3.05, 3.63) is 63.2 Å². The van der Waals surface area contributed by atoms with Crippen molar-refractivity contribution in [3.63, 3.8) is 0 Å². The molecule has 0 bridgehead atoms. The number of benzene rings is 2. The Kier molecular flexibility index (Phi) is 3.84. The maximum Gasteiger partial charge on any atom is 0.280 e. The van der Waals surface area contributed by atoms with Gasteiger partial charge in [0.1, 0.15) is 0 Å². The third-order valence-electron chi connectivity index (χ3n) is 3.44. The number of hydrogen-bond acceptors (Lipinski definition) is 6. The molecule has 1 heterocycles. The summed E-state index contributed by atoms with van der Waals surface area (Å²) in [7, 11) is 0. The fourth-order valence-corrected chi connectivity index (χ4v) is 2.31. The first kappa shape index (κ1) is 15.1. The number of nitriles is 2. The van der Waals surface area contributed by atoms with Gasteiger partial charge in [-0.2, -0.15) is 10.5 Å². The third-order valence-corrected chi connectivity index (χ3v) is 3.44. The highest BCUT2D eigenvalue weighted by molar-refractivity contribution is 5.92. The van der Waals surface area contributed by atoms with E-state index < -0.39 is 4.92 Å². The van der Waals surface area contributed by atoms with E-state index in [0.29, 0.717) is 22.6 Å². The highest BCUT2D eigenvalue weighted by Crippen LogP contribution is 2.39. The van der Waals surface area contributed by atoms with Crippen LogP contribution in [0.2, 0.25) is 0 Å². The Hall–Kier alpha value is -3.84. The van der Waals surface area contributed by atoms with Gasteiger partial charge in [-0.25, -0.2) is 0 Å². The van der Waals surface area contributed by atoms with Crippen molar-refractivity contribution in [2.24, 2.45) is 0 Å². The van der Waals surface area contributed by atoms with Crippen molar-refractivity contribution in [1.82, 2.24) is 0 Å². The zero-order valence-corrected chi connectivity index (χ0v) is 12.2. The lowest BCUT2D eigenvalue weighted by Crippen LogP contribution is -1.93. The molecular weight excluding hydrogens is 310 g/mol. The molecule has 1 aliphatic rings. The molecular formula is C17H9N3O4. The molecule has 2 aromatic rings. The predicted molar refractivity (Wildman–Crippen MR) is 83.9 cm³/mol. The van der Waals surface area contributed by atoms with Crippen molar-refractivity contribution in [2.45, 2.75) is 0 Å². The van der Waals surface area contributed by atoms with Gasteiger partial charge in [0.15, 0.2) is 11.5 Å². The molecule has 2 aromatic carbocycles. The first-order chi connectivity index (χ1) is 11.6. The van der Waals surface area contributed by atoms with Crippen LogP contribution in [0.5, 0.6) is 11.5 Å². The minimum Gasteiger partial charge on any atom is -0.454 e. The molecule has 0 saturated heterocycles. The first-order valence-corrected chi connectivity index (χ1v) is 6.82. The van der Waals surface area contributed by atoms with Crippen LogP contribution in [0.15, 0.2) is 36.4 Å². The Bertz CT molecular complexity index is 951. The number of ether oxygens (including phenoxy) is 2. The summed E-state index contributed by atoms with van der Waals surface area (Å²) >= 11 is 0. The van der Waals surface area contributed by atoms with E-state index in [9.17, 15) is 15.4 Å². The average molecular weight is 319 g/mol. The number of hydrogen-bond donors (Lipinski definition) is 0. The van der Waals surface area contributed by atoms with Crippen LogP contribution in [0.1, 0.15) is 16.7 Å². The number of nitrogens with zero attached hydrogens (tertiary/aromatic N) is 3. The molecule has 116 valence electrons. The number of rotatable bonds is 3. The molecule has 0 atom stereocenters. The zero-order valence-electron chi connectivity index (χ0n) is 12.2. The monoisotopic (exact) mass is 319 g/mol. The first-order valence-electron chi connectivity index (χ1n) is 6.82. The summed E-state index contributed by atoms with van der Waals surface area (Å²) in [6.07, 6.45) is 1.40. The quantitative estimate of drug-likeness (QED) is 0.372. The minimum atomic E-state index is -0.547. The van der Waals surface area contributed by atoms with Gasteiger partial charge in [0.2, 0.25) is 6.79 Å². The van der Waals surface area contributed by atoms with Gasteiger partial charge in [-0.3, -0.25) is 10.1 Å². The highest BCUT2D eigenvalue weighted by atomic mass is 16.7. The van der Waals surface area contributed by atoms with E-state index >= 15 is 0 Å². The Balaban J connectivity index is 2.13. The average Bonchev–Trinajstić information content (AvgIpc) is 3.06. The van der Waals surface area contributed by atoms with Crippen LogP contribution in [0.25, 0.3) is 11.6 Å². The van der Waals surface area contributed by atoms with Gasteiger partial charge in [-0.15, -0.1) is 0 Å². The van der Waals surface area contributed by atoms with Crippen LogP contribution in [-0.4, -0.2) is 11.7 Å². The van der Waals surface area contributed by atoms with Gasteiger partial charge >= 0.3 is 0 Å². The summed E-state index contributed by atoms with van der Waals surface area (Å²) in [5, 5.41) is 29.6. The maximum absolute atomic E-state index is 11.3. The summed E-state index contributed by atoms with van der Waals surface area (Å²) in [6, 6.07) is 13.2. The Morgan fingerprint density at radius 1 is 1.21 bits per heavy atom. The second kappa shape index (κ2) is 6.11. The van der Waals surface area contributed by atoms with Gasteiger partial charge in [-0.1, -0.05) is 12.1 Å². The van der Waals surface area contributed by atoms with E-state index in [0.717, 1.165) is 0 Å². The molecule has 0 amide bonds. The van der Waals surface area contributed by atoms with Crippen molar-refractivity contribution in [2.75, 3.05) is 6.79 Å². The van der Waals surface area contributed by atoms with E-state index in [4.69, 9.17) is 14.7 Å². The normalized spacial score (nSPS) is 12.3. The second-order valence-electron chi connectivity index (χ2n) is 4.88. The van der Waals surface area contributed by atoms with E-state index in [-0.39, 0.29) is 23.6 Å². The van der Waals surface area contributed by atoms with Crippen molar-refractivity contribution >= 4 is 17.3 Å². The predicted octanol–water partition coefficient (Wildman–Crippen LogP) is 3.26. The molecule has 0 spiro atoms. The smallest absolute Gasteiger partial charge is 0.280 e. The summed E-state index contributed by atoms with van der Waals surface area (Å²) in [4.78, 5) is 10.7. The zero-order chi connectivity index (χ0) is 17.1. The van der Waals surface area contributed by atoms with E-state index in [1.807, 2.05) is 12.1 Å². The summed E-state index contributed by atoms with van der Waals surface area (Å²) in [6.45, 7) is -0.00498. The minimum absolute atomic E-state index is 0.00498. The number of nitro groups is 1. The topological polar surface area (TPSA) is 109 Å². The molecule has 7 heteroatoms. The van der Waals surface area contributed by atoms with Gasteiger partial charge in [-0.05, 0) is 29.8 Å². The van der Waals surface area contributed by atoms with Crippen molar-refractivity contribution in [1.29, 1.82) is 10.5 Å². The Labute approximate surface area is 136 Å². The molecule has 0 radical (unpaired) electrons. The summed E-state index contributed by atoms with van der Waals surface area (Å²) < 4.78 is 10.4. The van der Waals surface area contributed by atoms with Gasteiger partial charge in [0.25, 0.3) is 5.69 Å². The molecule has 0 N–H and O–H groups in total. The largest absolute Gasteiger partial charge is 0.454 e. The van der Waals surface area contributed by atoms with E-state index in [1.54, 1.807) is 24.3 Å². The van der Waals surface area contributed by atoms with E-state index in [1.165, 1.54) is 18.2 Å². The molecule has 7 nitrogen and oxygen atoms in total. The van der Waals surface area contributed by atoms with Crippen molar-refractivity contribution in [3.8, 4) is 23.6 Å². The lowest BCUT2D eigenvalue weighted by Gasteiger charge is -2.03. The molecule has 3 rings (SSSR count). The SMILES string of the molecule is N#C/C(=C\c1cc2c(cc1[N+](=O)[O-])OCO2)c1cccc(C#N)c1. The van der Waals surface area contributed by atoms with Gasteiger partial charge < -0.3 is 9.47 Å². The standard InChI is InChI=1S/C17H9N3O4/c18-8-11-2-1-3-12(4-11)14(9-19)5-13-6-16-17(24-10-23-16)7-15(13)20(21)22/h1-7H,10H2/b14-5+. The fourth-order valence-electron chi connectivity index (χ4n) is 2.31. The molecule has 1 aliphatic heterocycles. The van der Waals surface area contributed by atoms with Crippen molar-refractivity contribution < 1.29 is 14.4 Å². The lowest BCUT2D eigenvalue weighted by molar-refractivity contribution is -0.385. The molecule has 0 aromatic heterocycles. The van der Waals surface area contributed by atoms with E-state index in [2.05, 4.69) is 0 Å². The van der Waals surface area contributed by atoms with Crippen LogP contribution >= 0.6 is 0 Å². The number of fused-ring (bicyclic) bond motifs is 1. The summed E-state index contributed by atoms with van der Waals surface area (Å²) in [5.41, 5.74) is 1.14. The van der Waals surface area contributed by atoms with Crippen LogP contribution < -0.4 is 9.47 Å². The summed E-state index contributed by atoms with van der Waals surface area (Å²) in [5.74, 6) is 0.679. The molecule has 0 unspecified atom stereocenters. The highest BCUT2D eigenvalue weighted by Gasteiger charge is 2.22. The fraction of sp³-hybridized carbons (Fsp3) is 0.0588. The molecule has 0 aliphatic carbocycles. The van der Waals surface area contributed by atoms with Crippen LogP contribution in [0, 0.1) is 32.8 Å². The van der Waals surface area contributed by atoms with Crippen LogP contribution in [0.3, 0.4) is 0 Å². The number of allylic oxidation sites excluding steroid dienone is 1. The van der Waals surface area contributed by atoms with Crippen LogP contribution in [0.4, 0.5) is 5.69 Å². The Morgan fingerprint density at radius 2 is 1.96 bits per heavy atom.